The summed E-state index contributed by atoms with van der Waals surface area (Å²) < 4.78 is 14.2. The second-order valence-electron chi connectivity index (χ2n) is 3.92. The Morgan fingerprint density at radius 2 is 2.21 bits per heavy atom. The Morgan fingerprint density at radius 1 is 1.47 bits per heavy atom. The lowest BCUT2D eigenvalue weighted by Crippen LogP contribution is -2.14. The second-order valence-corrected chi connectivity index (χ2v) is 4.67. The monoisotopic (exact) mass is 324 g/mol. The van der Waals surface area contributed by atoms with Gasteiger partial charge in [-0.2, -0.15) is 0 Å². The van der Waals surface area contributed by atoms with Crippen molar-refractivity contribution in [2.75, 3.05) is 5.32 Å². The van der Waals surface area contributed by atoms with Gasteiger partial charge in [-0.25, -0.2) is 9.37 Å². The molecule has 0 radical (unpaired) electrons. The molecule has 1 heterocycles. The lowest BCUT2D eigenvalue weighted by Gasteiger charge is -2.08. The molecule has 0 saturated carbocycles. The van der Waals surface area contributed by atoms with Gasteiger partial charge in [0.1, 0.15) is 21.7 Å². The van der Waals surface area contributed by atoms with E-state index in [1.807, 2.05) is 6.92 Å². The van der Waals surface area contributed by atoms with Crippen LogP contribution in [0.1, 0.15) is 15.9 Å². The molecule has 1 aromatic heterocycles. The molecule has 0 aliphatic carbocycles. The molecule has 0 spiro atoms. The number of carbonyl (C=O) groups is 1. The van der Waals surface area contributed by atoms with Crippen molar-refractivity contribution in [1.29, 1.82) is 0 Å². The Kier molecular flexibility index (Phi) is 3.80. The molecule has 0 atom stereocenters. The average molecular weight is 325 g/mol. The SMILES string of the molecule is Cc1cc(NC(=O)c2c(O)cccc2F)cnc1Br. The van der Waals surface area contributed by atoms with E-state index >= 15 is 0 Å². The summed E-state index contributed by atoms with van der Waals surface area (Å²) in [6.07, 6.45) is 1.44. The Labute approximate surface area is 117 Å². The van der Waals surface area contributed by atoms with E-state index in [4.69, 9.17) is 0 Å². The third kappa shape index (κ3) is 2.90. The van der Waals surface area contributed by atoms with Gasteiger partial charge in [0.05, 0.1) is 11.9 Å². The van der Waals surface area contributed by atoms with Gasteiger partial charge < -0.3 is 10.4 Å². The van der Waals surface area contributed by atoms with Gasteiger partial charge >= 0.3 is 0 Å². The second kappa shape index (κ2) is 5.36. The average Bonchev–Trinajstić information content (AvgIpc) is 2.33. The molecule has 1 amide bonds. The van der Waals surface area contributed by atoms with Gasteiger partial charge in [0.25, 0.3) is 5.91 Å². The number of phenolic OH excluding ortho intramolecular Hbond substituents is 1. The Balaban J connectivity index is 2.28. The highest BCUT2D eigenvalue weighted by Gasteiger charge is 2.16. The topological polar surface area (TPSA) is 62.2 Å². The normalized spacial score (nSPS) is 10.3. The van der Waals surface area contributed by atoms with Gasteiger partial charge in [-0.05, 0) is 46.6 Å². The van der Waals surface area contributed by atoms with Crippen LogP contribution in [-0.4, -0.2) is 16.0 Å². The van der Waals surface area contributed by atoms with Crippen molar-refractivity contribution in [3.05, 3.63) is 52.0 Å². The molecule has 1 aromatic carbocycles. The van der Waals surface area contributed by atoms with E-state index < -0.39 is 17.5 Å². The fourth-order valence-corrected chi connectivity index (χ4v) is 1.77. The van der Waals surface area contributed by atoms with Crippen LogP contribution >= 0.6 is 15.9 Å². The largest absolute Gasteiger partial charge is 0.507 e. The molecule has 98 valence electrons. The van der Waals surface area contributed by atoms with E-state index in [9.17, 15) is 14.3 Å². The zero-order valence-electron chi connectivity index (χ0n) is 9.95. The van der Waals surface area contributed by atoms with Crippen LogP contribution in [0.5, 0.6) is 5.75 Å². The van der Waals surface area contributed by atoms with Crippen molar-refractivity contribution in [2.24, 2.45) is 0 Å². The van der Waals surface area contributed by atoms with Crippen molar-refractivity contribution in [3.8, 4) is 5.75 Å². The van der Waals surface area contributed by atoms with Gasteiger partial charge in [-0.1, -0.05) is 6.07 Å². The number of carbonyl (C=O) groups excluding carboxylic acids is 1. The molecule has 0 aliphatic rings. The number of nitrogens with one attached hydrogen (secondary N) is 1. The molecule has 0 fully saturated rings. The molecular formula is C13H10BrFN2O2. The third-order valence-electron chi connectivity index (χ3n) is 2.49. The number of rotatable bonds is 2. The summed E-state index contributed by atoms with van der Waals surface area (Å²) in [5.74, 6) is -1.90. The van der Waals surface area contributed by atoms with Crippen LogP contribution < -0.4 is 5.32 Å². The maximum absolute atomic E-state index is 13.5. The predicted molar refractivity (Wildman–Crippen MR) is 72.7 cm³/mol. The van der Waals surface area contributed by atoms with E-state index in [0.717, 1.165) is 11.6 Å². The quantitative estimate of drug-likeness (QED) is 0.833. The first-order valence-corrected chi connectivity index (χ1v) is 6.19. The van der Waals surface area contributed by atoms with Crippen LogP contribution in [0.15, 0.2) is 35.1 Å². The van der Waals surface area contributed by atoms with Gasteiger partial charge in [0, 0.05) is 0 Å². The molecule has 19 heavy (non-hydrogen) atoms. The summed E-state index contributed by atoms with van der Waals surface area (Å²) in [5, 5.41) is 12.0. The number of aromatic hydroxyl groups is 1. The summed E-state index contributed by atoms with van der Waals surface area (Å²) in [7, 11) is 0. The number of benzene rings is 1. The van der Waals surface area contributed by atoms with Gasteiger partial charge in [-0.15, -0.1) is 0 Å². The highest BCUT2D eigenvalue weighted by Crippen LogP contribution is 2.22. The van der Waals surface area contributed by atoms with Crippen LogP contribution in [0.25, 0.3) is 0 Å². The number of hydrogen-bond donors (Lipinski definition) is 2. The maximum atomic E-state index is 13.5. The zero-order valence-corrected chi connectivity index (χ0v) is 11.5. The molecule has 0 bridgehead atoms. The Bertz CT molecular complexity index is 626. The van der Waals surface area contributed by atoms with Crippen LogP contribution in [0.4, 0.5) is 10.1 Å². The minimum Gasteiger partial charge on any atom is -0.507 e. The number of anilines is 1. The van der Waals surface area contributed by atoms with E-state index in [2.05, 4.69) is 26.2 Å². The zero-order chi connectivity index (χ0) is 14.0. The minimum absolute atomic E-state index is 0.386. The molecule has 0 aliphatic heterocycles. The number of pyridine rings is 1. The smallest absolute Gasteiger partial charge is 0.262 e. The summed E-state index contributed by atoms with van der Waals surface area (Å²) >= 11 is 3.24. The fourth-order valence-electron chi connectivity index (χ4n) is 1.56. The Hall–Kier alpha value is -1.95. The van der Waals surface area contributed by atoms with E-state index in [0.29, 0.717) is 10.3 Å². The predicted octanol–water partition coefficient (Wildman–Crippen LogP) is 3.25. The van der Waals surface area contributed by atoms with Crippen molar-refractivity contribution in [3.63, 3.8) is 0 Å². The molecule has 0 unspecified atom stereocenters. The van der Waals surface area contributed by atoms with E-state index in [1.54, 1.807) is 6.07 Å². The van der Waals surface area contributed by atoms with Crippen LogP contribution in [-0.2, 0) is 0 Å². The van der Waals surface area contributed by atoms with Crippen LogP contribution in [0.2, 0.25) is 0 Å². The van der Waals surface area contributed by atoms with Crippen molar-refractivity contribution < 1.29 is 14.3 Å². The molecule has 6 heteroatoms. The maximum Gasteiger partial charge on any atom is 0.262 e. The molecular weight excluding hydrogens is 315 g/mol. The summed E-state index contributed by atoms with van der Waals surface area (Å²) in [6, 6.07) is 5.38. The number of aryl methyl sites for hydroxylation is 1. The molecule has 2 aromatic rings. The van der Waals surface area contributed by atoms with Crippen LogP contribution in [0.3, 0.4) is 0 Å². The summed E-state index contributed by atoms with van der Waals surface area (Å²) in [6.45, 7) is 1.81. The number of hydrogen-bond acceptors (Lipinski definition) is 3. The summed E-state index contributed by atoms with van der Waals surface area (Å²) in [4.78, 5) is 15.9. The third-order valence-corrected chi connectivity index (χ3v) is 3.32. The molecule has 2 rings (SSSR count). The highest BCUT2D eigenvalue weighted by atomic mass is 79.9. The van der Waals surface area contributed by atoms with Crippen molar-refractivity contribution in [2.45, 2.75) is 6.92 Å². The number of nitrogens with zero attached hydrogens (tertiary/aromatic N) is 1. The molecule has 2 N–H and O–H groups in total. The van der Waals surface area contributed by atoms with E-state index in [-0.39, 0.29) is 5.56 Å². The first kappa shape index (κ1) is 13.5. The van der Waals surface area contributed by atoms with Gasteiger partial charge in [0.15, 0.2) is 0 Å². The summed E-state index contributed by atoms with van der Waals surface area (Å²) in [5.41, 5.74) is 0.868. The molecule has 0 saturated heterocycles. The highest BCUT2D eigenvalue weighted by molar-refractivity contribution is 9.10. The number of amides is 1. The van der Waals surface area contributed by atoms with Crippen LogP contribution in [0, 0.1) is 12.7 Å². The lowest BCUT2D eigenvalue weighted by molar-refractivity contribution is 0.102. The van der Waals surface area contributed by atoms with E-state index in [1.165, 1.54) is 18.3 Å². The standard InChI is InChI=1S/C13H10BrFN2O2/c1-7-5-8(6-16-12(7)14)17-13(19)11-9(15)3-2-4-10(11)18/h2-6,18H,1H3,(H,17,19). The number of phenols is 1. The first-order chi connectivity index (χ1) is 8.99. The lowest BCUT2D eigenvalue weighted by atomic mass is 10.1. The number of halogens is 2. The van der Waals surface area contributed by atoms with Crippen molar-refractivity contribution in [1.82, 2.24) is 4.98 Å². The minimum atomic E-state index is -0.778. The van der Waals surface area contributed by atoms with Gasteiger partial charge in [0.2, 0.25) is 0 Å². The van der Waals surface area contributed by atoms with Crippen molar-refractivity contribution >= 4 is 27.5 Å². The first-order valence-electron chi connectivity index (χ1n) is 5.40. The Morgan fingerprint density at radius 3 is 2.84 bits per heavy atom. The number of aromatic nitrogens is 1. The molecule has 4 nitrogen and oxygen atoms in total. The fraction of sp³-hybridized carbons (Fsp3) is 0.0769. The van der Waals surface area contributed by atoms with Gasteiger partial charge in [-0.3, -0.25) is 4.79 Å².